The van der Waals surface area contributed by atoms with Crippen LogP contribution in [0.1, 0.15) is 0 Å². The van der Waals surface area contributed by atoms with Crippen LogP contribution >= 0.6 is 0 Å². The summed E-state index contributed by atoms with van der Waals surface area (Å²) in [6.07, 6.45) is 0.0667. The topological polar surface area (TPSA) is 55.8 Å². The number of aliphatic hydroxyl groups excluding tert-OH is 1. The van der Waals surface area contributed by atoms with Crippen LogP contribution in [0.4, 0.5) is 4.39 Å². The Morgan fingerprint density at radius 3 is 2.65 bits per heavy atom. The molecule has 1 N–H and O–H groups in total. The summed E-state index contributed by atoms with van der Waals surface area (Å²) in [7, 11) is 0. The molecule has 0 aliphatic carbocycles. The van der Waals surface area contributed by atoms with Crippen LogP contribution in [0.5, 0.6) is 5.75 Å². The highest BCUT2D eigenvalue weighted by atomic mass is 19.1. The minimum Gasteiger partial charge on any atom is -0.491 e. The van der Waals surface area contributed by atoms with E-state index in [0.29, 0.717) is 5.75 Å². The van der Waals surface area contributed by atoms with E-state index in [2.05, 4.69) is 11.3 Å². The van der Waals surface area contributed by atoms with Gasteiger partial charge in [-0.15, -0.1) is 0 Å². The van der Waals surface area contributed by atoms with Crippen molar-refractivity contribution in [2.45, 2.75) is 6.10 Å². The van der Waals surface area contributed by atoms with Crippen molar-refractivity contribution in [2.24, 2.45) is 0 Å². The molecule has 1 aromatic rings. The molecule has 0 bridgehead atoms. The van der Waals surface area contributed by atoms with E-state index in [1.165, 1.54) is 24.3 Å². The van der Waals surface area contributed by atoms with Crippen LogP contribution < -0.4 is 4.74 Å². The molecule has 0 saturated carbocycles. The van der Waals surface area contributed by atoms with Gasteiger partial charge in [0.15, 0.2) is 0 Å². The first kappa shape index (κ1) is 13.2. The van der Waals surface area contributed by atoms with Gasteiger partial charge in [0, 0.05) is 6.08 Å². The summed E-state index contributed by atoms with van der Waals surface area (Å²) in [5.41, 5.74) is 0. The van der Waals surface area contributed by atoms with Gasteiger partial charge in [-0.2, -0.15) is 0 Å². The quantitative estimate of drug-likeness (QED) is 0.601. The third-order valence-electron chi connectivity index (χ3n) is 1.84. The van der Waals surface area contributed by atoms with E-state index < -0.39 is 12.1 Å². The Hall–Kier alpha value is -1.88. The second-order valence-electron chi connectivity index (χ2n) is 3.25. The molecular formula is C12H13FO4. The molecule has 17 heavy (non-hydrogen) atoms. The average Bonchev–Trinajstić information content (AvgIpc) is 2.35. The van der Waals surface area contributed by atoms with Crippen molar-refractivity contribution in [1.29, 1.82) is 0 Å². The molecule has 0 amide bonds. The molecular weight excluding hydrogens is 227 g/mol. The smallest absolute Gasteiger partial charge is 0.330 e. The molecule has 0 radical (unpaired) electrons. The molecule has 0 fully saturated rings. The zero-order valence-electron chi connectivity index (χ0n) is 9.14. The van der Waals surface area contributed by atoms with Crippen molar-refractivity contribution in [3.8, 4) is 5.75 Å². The monoisotopic (exact) mass is 240 g/mol. The van der Waals surface area contributed by atoms with Gasteiger partial charge in [0.1, 0.15) is 30.9 Å². The second kappa shape index (κ2) is 6.65. The fourth-order valence-electron chi connectivity index (χ4n) is 1.01. The van der Waals surface area contributed by atoms with Crippen LogP contribution in [0.2, 0.25) is 0 Å². The van der Waals surface area contributed by atoms with Crippen molar-refractivity contribution in [2.75, 3.05) is 13.2 Å². The summed E-state index contributed by atoms with van der Waals surface area (Å²) in [5.74, 6) is -0.538. The SMILES string of the molecule is C=CC(=O)OCC(O)COc1ccc(F)cc1. The first-order chi connectivity index (χ1) is 8.11. The third-order valence-corrected chi connectivity index (χ3v) is 1.84. The number of hydrogen-bond acceptors (Lipinski definition) is 4. The van der Waals surface area contributed by atoms with Crippen molar-refractivity contribution in [3.63, 3.8) is 0 Å². The maximum atomic E-state index is 12.6. The number of rotatable bonds is 6. The Balaban J connectivity index is 2.28. The predicted molar refractivity (Wildman–Crippen MR) is 59.1 cm³/mol. The van der Waals surface area contributed by atoms with Gasteiger partial charge in [-0.25, -0.2) is 9.18 Å². The number of ether oxygens (including phenoxy) is 2. The van der Waals surface area contributed by atoms with Crippen molar-refractivity contribution >= 4 is 5.97 Å². The Morgan fingerprint density at radius 2 is 2.06 bits per heavy atom. The lowest BCUT2D eigenvalue weighted by molar-refractivity contribution is -0.141. The fraction of sp³-hybridized carbons (Fsp3) is 0.250. The van der Waals surface area contributed by atoms with Crippen LogP contribution in [-0.2, 0) is 9.53 Å². The van der Waals surface area contributed by atoms with E-state index >= 15 is 0 Å². The molecule has 1 rings (SSSR count). The van der Waals surface area contributed by atoms with Gasteiger partial charge in [-0.1, -0.05) is 6.58 Å². The lowest BCUT2D eigenvalue weighted by Crippen LogP contribution is -2.24. The average molecular weight is 240 g/mol. The number of halogens is 1. The molecule has 0 aromatic heterocycles. The molecule has 0 saturated heterocycles. The van der Waals surface area contributed by atoms with E-state index in [0.717, 1.165) is 6.08 Å². The number of esters is 1. The summed E-state index contributed by atoms with van der Waals surface area (Å²) in [5, 5.41) is 9.40. The predicted octanol–water partition coefficient (Wildman–Crippen LogP) is 1.29. The van der Waals surface area contributed by atoms with Gasteiger partial charge in [-0.3, -0.25) is 0 Å². The lowest BCUT2D eigenvalue weighted by Gasteiger charge is -2.11. The van der Waals surface area contributed by atoms with Gasteiger partial charge in [0.05, 0.1) is 0 Å². The van der Waals surface area contributed by atoms with Gasteiger partial charge in [0.25, 0.3) is 0 Å². The molecule has 92 valence electrons. The van der Waals surface area contributed by atoms with Crippen molar-refractivity contribution in [1.82, 2.24) is 0 Å². The lowest BCUT2D eigenvalue weighted by atomic mass is 10.3. The molecule has 0 spiro atoms. The molecule has 0 heterocycles. The zero-order chi connectivity index (χ0) is 12.7. The maximum absolute atomic E-state index is 12.6. The van der Waals surface area contributed by atoms with Crippen LogP contribution in [0, 0.1) is 5.82 Å². The van der Waals surface area contributed by atoms with Gasteiger partial charge in [-0.05, 0) is 24.3 Å². The number of hydrogen-bond donors (Lipinski definition) is 1. The number of aliphatic hydroxyl groups is 1. The van der Waals surface area contributed by atoms with Crippen LogP contribution in [0.3, 0.4) is 0 Å². The second-order valence-corrected chi connectivity index (χ2v) is 3.25. The fourth-order valence-corrected chi connectivity index (χ4v) is 1.01. The van der Waals surface area contributed by atoms with Crippen LogP contribution in [-0.4, -0.2) is 30.4 Å². The molecule has 1 unspecified atom stereocenters. The maximum Gasteiger partial charge on any atom is 0.330 e. The van der Waals surface area contributed by atoms with Crippen LogP contribution in [0.25, 0.3) is 0 Å². The van der Waals surface area contributed by atoms with Gasteiger partial charge < -0.3 is 14.6 Å². The van der Waals surface area contributed by atoms with E-state index in [1.54, 1.807) is 0 Å². The molecule has 4 nitrogen and oxygen atoms in total. The minimum atomic E-state index is -0.941. The number of carbonyl (C=O) groups excluding carboxylic acids is 1. The summed E-state index contributed by atoms with van der Waals surface area (Å²) in [4.78, 5) is 10.7. The Morgan fingerprint density at radius 1 is 1.41 bits per heavy atom. The Bertz CT molecular complexity index is 375. The highest BCUT2D eigenvalue weighted by Gasteiger charge is 2.07. The van der Waals surface area contributed by atoms with Crippen molar-refractivity contribution < 1.29 is 23.8 Å². The van der Waals surface area contributed by atoms with E-state index in [1.807, 2.05) is 0 Å². The van der Waals surface area contributed by atoms with Gasteiger partial charge in [0.2, 0.25) is 0 Å². The Kier molecular flexibility index (Phi) is 5.16. The molecule has 0 aliphatic rings. The van der Waals surface area contributed by atoms with E-state index in [9.17, 15) is 14.3 Å². The van der Waals surface area contributed by atoms with Gasteiger partial charge >= 0.3 is 5.97 Å². The van der Waals surface area contributed by atoms with E-state index in [-0.39, 0.29) is 19.0 Å². The number of benzene rings is 1. The summed E-state index contributed by atoms with van der Waals surface area (Å²) in [6.45, 7) is 3.00. The molecule has 1 aromatic carbocycles. The van der Waals surface area contributed by atoms with Crippen LogP contribution in [0.15, 0.2) is 36.9 Å². The molecule has 1 atom stereocenters. The zero-order valence-corrected chi connectivity index (χ0v) is 9.14. The largest absolute Gasteiger partial charge is 0.491 e. The highest BCUT2D eigenvalue weighted by Crippen LogP contribution is 2.11. The first-order valence-electron chi connectivity index (χ1n) is 4.97. The molecule has 5 heteroatoms. The highest BCUT2D eigenvalue weighted by molar-refractivity contribution is 5.81. The Labute approximate surface area is 98.3 Å². The standard InChI is InChI=1S/C12H13FO4/c1-2-12(15)17-8-10(14)7-16-11-5-3-9(13)4-6-11/h2-6,10,14H,1,7-8H2. The third kappa shape index (κ3) is 5.12. The first-order valence-corrected chi connectivity index (χ1v) is 4.97. The number of carbonyl (C=O) groups is 1. The van der Waals surface area contributed by atoms with Crippen molar-refractivity contribution in [3.05, 3.63) is 42.7 Å². The molecule has 0 aliphatic heterocycles. The summed E-state index contributed by atoms with van der Waals surface area (Å²) < 4.78 is 22.3. The summed E-state index contributed by atoms with van der Waals surface area (Å²) >= 11 is 0. The van der Waals surface area contributed by atoms with E-state index in [4.69, 9.17) is 4.74 Å². The summed E-state index contributed by atoms with van der Waals surface area (Å²) in [6, 6.07) is 5.38. The normalized spacial score (nSPS) is 11.6. The minimum absolute atomic E-state index is 0.0456.